The number of aryl methyl sites for hydroxylation is 1. The Bertz CT molecular complexity index is 899. The normalized spacial score (nSPS) is 11.8. The van der Waals surface area contributed by atoms with E-state index in [1.807, 2.05) is 67.6 Å². The van der Waals surface area contributed by atoms with Gasteiger partial charge in [-0.3, -0.25) is 0 Å². The average molecular weight is 335 g/mol. The van der Waals surface area contributed by atoms with Crippen LogP contribution in [-0.2, 0) is 9.53 Å². The highest BCUT2D eigenvalue weighted by atomic mass is 16.5. The van der Waals surface area contributed by atoms with E-state index in [0.29, 0.717) is 5.75 Å². The first kappa shape index (κ1) is 16.8. The molecule has 3 rings (SSSR count). The second kappa shape index (κ2) is 7.26. The smallest absolute Gasteiger partial charge is 0.333 e. The van der Waals surface area contributed by atoms with E-state index in [0.717, 1.165) is 27.6 Å². The highest BCUT2D eigenvalue weighted by Gasteiger charge is 2.25. The second-order valence-electron chi connectivity index (χ2n) is 5.82. The maximum atomic E-state index is 12.5. The van der Waals surface area contributed by atoms with Crippen molar-refractivity contribution >= 4 is 22.4 Å². The molecule has 0 aliphatic rings. The molecule has 0 fully saturated rings. The third-order valence-corrected chi connectivity index (χ3v) is 4.31. The SMILES string of the molecule is COC(=O)[C@H](Nc1c(C)cccc1OC)c1cccc2ccccc12. The molecule has 1 N–H and O–H groups in total. The van der Waals surface area contributed by atoms with Gasteiger partial charge < -0.3 is 14.8 Å². The third kappa shape index (κ3) is 3.29. The zero-order valence-corrected chi connectivity index (χ0v) is 14.6. The number of ether oxygens (including phenoxy) is 2. The van der Waals surface area contributed by atoms with Gasteiger partial charge in [0, 0.05) is 0 Å². The van der Waals surface area contributed by atoms with Crippen LogP contribution in [0.25, 0.3) is 10.8 Å². The molecule has 0 spiro atoms. The van der Waals surface area contributed by atoms with Crippen LogP contribution in [0.3, 0.4) is 0 Å². The van der Waals surface area contributed by atoms with Crippen molar-refractivity contribution < 1.29 is 14.3 Å². The molecular formula is C21H21NO3. The maximum absolute atomic E-state index is 12.5. The number of carbonyl (C=O) groups is 1. The van der Waals surface area contributed by atoms with Crippen LogP contribution in [0, 0.1) is 6.92 Å². The van der Waals surface area contributed by atoms with Gasteiger partial charge in [-0.15, -0.1) is 0 Å². The molecule has 128 valence electrons. The fourth-order valence-corrected chi connectivity index (χ4v) is 3.02. The first-order valence-corrected chi connectivity index (χ1v) is 8.11. The zero-order valence-electron chi connectivity index (χ0n) is 14.6. The number of fused-ring (bicyclic) bond motifs is 1. The number of esters is 1. The summed E-state index contributed by atoms with van der Waals surface area (Å²) >= 11 is 0. The summed E-state index contributed by atoms with van der Waals surface area (Å²) in [7, 11) is 3.02. The topological polar surface area (TPSA) is 47.6 Å². The van der Waals surface area contributed by atoms with Crippen molar-refractivity contribution in [3.8, 4) is 5.75 Å². The number of carbonyl (C=O) groups excluding carboxylic acids is 1. The summed E-state index contributed by atoms with van der Waals surface area (Å²) in [6.45, 7) is 1.97. The first-order valence-electron chi connectivity index (χ1n) is 8.11. The maximum Gasteiger partial charge on any atom is 0.333 e. The van der Waals surface area contributed by atoms with Crippen LogP contribution in [0.5, 0.6) is 5.75 Å². The summed E-state index contributed by atoms with van der Waals surface area (Å²) in [4.78, 5) is 12.5. The monoisotopic (exact) mass is 335 g/mol. The minimum atomic E-state index is -0.633. The van der Waals surface area contributed by atoms with Gasteiger partial charge >= 0.3 is 5.97 Å². The summed E-state index contributed by atoms with van der Waals surface area (Å²) < 4.78 is 10.5. The van der Waals surface area contributed by atoms with Gasteiger partial charge in [0.05, 0.1) is 19.9 Å². The molecule has 1 atom stereocenters. The van der Waals surface area contributed by atoms with Gasteiger partial charge in [-0.05, 0) is 34.9 Å². The Morgan fingerprint density at radius 1 is 0.960 bits per heavy atom. The molecule has 0 bridgehead atoms. The highest BCUT2D eigenvalue weighted by Crippen LogP contribution is 2.34. The van der Waals surface area contributed by atoms with E-state index < -0.39 is 6.04 Å². The molecule has 0 radical (unpaired) electrons. The molecule has 0 saturated carbocycles. The Hall–Kier alpha value is -3.01. The predicted molar refractivity (Wildman–Crippen MR) is 100 cm³/mol. The lowest BCUT2D eigenvalue weighted by molar-refractivity contribution is -0.141. The van der Waals surface area contributed by atoms with Crippen molar-refractivity contribution in [2.75, 3.05) is 19.5 Å². The molecule has 0 heterocycles. The van der Waals surface area contributed by atoms with Gasteiger partial charge in [0.15, 0.2) is 6.04 Å². The molecule has 0 aromatic heterocycles. The van der Waals surface area contributed by atoms with Gasteiger partial charge in [0.2, 0.25) is 0 Å². The van der Waals surface area contributed by atoms with Crippen LogP contribution in [0.4, 0.5) is 5.69 Å². The molecule has 3 aromatic rings. The van der Waals surface area contributed by atoms with Crippen molar-refractivity contribution in [1.82, 2.24) is 0 Å². The van der Waals surface area contributed by atoms with Crippen LogP contribution in [-0.4, -0.2) is 20.2 Å². The first-order chi connectivity index (χ1) is 12.2. The molecule has 0 aliphatic heterocycles. The van der Waals surface area contributed by atoms with E-state index in [4.69, 9.17) is 9.47 Å². The lowest BCUT2D eigenvalue weighted by Gasteiger charge is -2.22. The van der Waals surface area contributed by atoms with Crippen LogP contribution < -0.4 is 10.1 Å². The molecular weight excluding hydrogens is 314 g/mol. The fourth-order valence-electron chi connectivity index (χ4n) is 3.02. The summed E-state index contributed by atoms with van der Waals surface area (Å²) in [5.41, 5.74) is 2.65. The van der Waals surface area contributed by atoms with Gasteiger partial charge in [0.1, 0.15) is 5.75 Å². The molecule has 4 heteroatoms. The van der Waals surface area contributed by atoms with Crippen molar-refractivity contribution in [1.29, 1.82) is 0 Å². The molecule has 3 aromatic carbocycles. The van der Waals surface area contributed by atoms with Gasteiger partial charge in [-0.2, -0.15) is 0 Å². The lowest BCUT2D eigenvalue weighted by atomic mass is 9.98. The number of benzene rings is 3. The molecule has 25 heavy (non-hydrogen) atoms. The standard InChI is InChI=1S/C21H21NO3/c1-14-8-6-13-18(24-2)19(14)22-20(21(23)25-3)17-12-7-10-15-9-4-5-11-16(15)17/h4-13,20,22H,1-3H3/t20-/m1/s1. The third-order valence-electron chi connectivity index (χ3n) is 4.31. The quantitative estimate of drug-likeness (QED) is 0.698. The van der Waals surface area contributed by atoms with E-state index in [1.165, 1.54) is 7.11 Å². The van der Waals surface area contributed by atoms with Crippen LogP contribution in [0.15, 0.2) is 60.7 Å². The van der Waals surface area contributed by atoms with Crippen molar-refractivity contribution in [3.63, 3.8) is 0 Å². The van der Waals surface area contributed by atoms with E-state index >= 15 is 0 Å². The Balaban J connectivity index is 2.12. The Morgan fingerprint density at radius 2 is 1.68 bits per heavy atom. The Morgan fingerprint density at radius 3 is 2.44 bits per heavy atom. The molecule has 0 unspecified atom stereocenters. The fraction of sp³-hybridized carbons (Fsp3) is 0.190. The van der Waals surface area contributed by atoms with Gasteiger partial charge in [0.25, 0.3) is 0 Å². The van der Waals surface area contributed by atoms with E-state index in [1.54, 1.807) is 7.11 Å². The molecule has 0 aliphatic carbocycles. The number of hydrogen-bond donors (Lipinski definition) is 1. The Kier molecular flexibility index (Phi) is 4.89. The van der Waals surface area contributed by atoms with E-state index in [2.05, 4.69) is 5.32 Å². The summed E-state index contributed by atoms with van der Waals surface area (Å²) in [6, 6.07) is 19.0. The number of rotatable bonds is 5. The number of methoxy groups -OCH3 is 2. The van der Waals surface area contributed by atoms with Crippen molar-refractivity contribution in [3.05, 3.63) is 71.8 Å². The summed E-state index contributed by atoms with van der Waals surface area (Å²) in [5.74, 6) is 0.343. The summed E-state index contributed by atoms with van der Waals surface area (Å²) in [6.07, 6.45) is 0. The molecule has 0 saturated heterocycles. The number of hydrogen-bond acceptors (Lipinski definition) is 4. The summed E-state index contributed by atoms with van der Waals surface area (Å²) in [5, 5.41) is 5.42. The molecule has 4 nitrogen and oxygen atoms in total. The van der Waals surface area contributed by atoms with Crippen LogP contribution >= 0.6 is 0 Å². The number of para-hydroxylation sites is 1. The zero-order chi connectivity index (χ0) is 17.8. The Labute approximate surface area is 147 Å². The van der Waals surface area contributed by atoms with E-state index in [-0.39, 0.29) is 5.97 Å². The van der Waals surface area contributed by atoms with Gasteiger partial charge in [-0.25, -0.2) is 4.79 Å². The van der Waals surface area contributed by atoms with Crippen molar-refractivity contribution in [2.45, 2.75) is 13.0 Å². The number of nitrogens with one attached hydrogen (secondary N) is 1. The minimum absolute atomic E-state index is 0.346. The minimum Gasteiger partial charge on any atom is -0.495 e. The predicted octanol–water partition coefficient (Wildman–Crippen LogP) is 4.48. The lowest BCUT2D eigenvalue weighted by Crippen LogP contribution is -2.23. The highest BCUT2D eigenvalue weighted by molar-refractivity contribution is 5.92. The average Bonchev–Trinajstić information content (AvgIpc) is 2.66. The molecule has 0 amide bonds. The number of anilines is 1. The van der Waals surface area contributed by atoms with Crippen molar-refractivity contribution in [2.24, 2.45) is 0 Å². The van der Waals surface area contributed by atoms with E-state index in [9.17, 15) is 4.79 Å². The van der Waals surface area contributed by atoms with Crippen LogP contribution in [0.1, 0.15) is 17.2 Å². The largest absolute Gasteiger partial charge is 0.495 e. The van der Waals surface area contributed by atoms with Gasteiger partial charge in [-0.1, -0.05) is 54.6 Å². The van der Waals surface area contributed by atoms with Crippen LogP contribution in [0.2, 0.25) is 0 Å². The second-order valence-corrected chi connectivity index (χ2v) is 5.82.